The average molecular weight is 398 g/mol. The summed E-state index contributed by atoms with van der Waals surface area (Å²) < 4.78 is 11.1. The van der Waals surface area contributed by atoms with Gasteiger partial charge in [-0.25, -0.2) is 4.79 Å². The molecule has 0 atom stereocenters. The lowest BCUT2D eigenvalue weighted by Crippen LogP contribution is -2.13. The van der Waals surface area contributed by atoms with Crippen molar-refractivity contribution in [1.82, 2.24) is 0 Å². The fourth-order valence-electron chi connectivity index (χ4n) is 1.90. The second-order valence-corrected chi connectivity index (χ2v) is 6.62. The molecule has 0 bridgehead atoms. The molecular formula is C16H16BrNO4S. The Labute approximate surface area is 146 Å². The molecule has 0 aliphatic carbocycles. The van der Waals surface area contributed by atoms with Gasteiger partial charge in [0, 0.05) is 10.2 Å². The molecule has 1 aromatic heterocycles. The number of halogens is 1. The summed E-state index contributed by atoms with van der Waals surface area (Å²) in [4.78, 5) is 23.4. The number of furan rings is 1. The van der Waals surface area contributed by atoms with Gasteiger partial charge in [0.1, 0.15) is 17.1 Å². The molecule has 2 aromatic rings. The summed E-state index contributed by atoms with van der Waals surface area (Å²) in [7, 11) is 1.33. The number of ether oxygens (including phenoxy) is 1. The van der Waals surface area contributed by atoms with Crippen LogP contribution in [0.3, 0.4) is 0 Å². The number of aryl methyl sites for hydroxylation is 1. The summed E-state index contributed by atoms with van der Waals surface area (Å²) in [6.07, 6.45) is 0. The number of hydrogen-bond donors (Lipinski definition) is 1. The van der Waals surface area contributed by atoms with E-state index >= 15 is 0 Å². The summed E-state index contributed by atoms with van der Waals surface area (Å²) in [5.74, 6) is 1.45. The minimum atomic E-state index is -0.421. The Morgan fingerprint density at radius 2 is 2.00 bits per heavy atom. The van der Waals surface area contributed by atoms with Crippen LogP contribution in [-0.2, 0) is 15.3 Å². The quantitative estimate of drug-likeness (QED) is 0.745. The molecular weight excluding hydrogens is 382 g/mol. The lowest BCUT2D eigenvalue weighted by molar-refractivity contribution is -0.113. The molecule has 1 N–H and O–H groups in total. The van der Waals surface area contributed by atoms with E-state index in [1.54, 1.807) is 13.0 Å². The molecule has 23 heavy (non-hydrogen) atoms. The van der Waals surface area contributed by atoms with Crippen LogP contribution in [-0.4, -0.2) is 24.7 Å². The lowest BCUT2D eigenvalue weighted by Gasteiger charge is -2.04. The van der Waals surface area contributed by atoms with Crippen molar-refractivity contribution in [2.75, 3.05) is 18.2 Å². The van der Waals surface area contributed by atoms with Gasteiger partial charge in [-0.1, -0.05) is 15.9 Å². The van der Waals surface area contributed by atoms with Gasteiger partial charge in [0.15, 0.2) is 0 Å². The minimum absolute atomic E-state index is 0.0891. The highest BCUT2D eigenvalue weighted by Gasteiger charge is 2.15. The third kappa shape index (κ3) is 5.14. The van der Waals surface area contributed by atoms with Gasteiger partial charge in [0.05, 0.1) is 18.6 Å². The van der Waals surface area contributed by atoms with Crippen LogP contribution in [0.5, 0.6) is 0 Å². The van der Waals surface area contributed by atoms with Crippen LogP contribution in [0.4, 0.5) is 5.69 Å². The molecule has 0 aliphatic rings. The Bertz CT molecular complexity index is 697. The van der Waals surface area contributed by atoms with Crippen molar-refractivity contribution in [3.05, 3.63) is 51.9 Å². The van der Waals surface area contributed by atoms with Crippen molar-refractivity contribution >= 4 is 45.3 Å². The first-order valence-corrected chi connectivity index (χ1v) is 8.75. The average Bonchev–Trinajstić information content (AvgIpc) is 2.89. The van der Waals surface area contributed by atoms with Crippen LogP contribution in [0.25, 0.3) is 0 Å². The fourth-order valence-corrected chi connectivity index (χ4v) is 2.87. The molecule has 0 saturated carbocycles. The van der Waals surface area contributed by atoms with Gasteiger partial charge in [-0.15, -0.1) is 11.8 Å². The first-order valence-electron chi connectivity index (χ1n) is 6.80. The Morgan fingerprint density at radius 1 is 1.30 bits per heavy atom. The van der Waals surface area contributed by atoms with E-state index in [0.717, 1.165) is 10.2 Å². The summed E-state index contributed by atoms with van der Waals surface area (Å²) in [5.41, 5.74) is 1.17. The normalized spacial score (nSPS) is 10.4. The highest BCUT2D eigenvalue weighted by atomic mass is 79.9. The molecule has 1 amide bonds. The van der Waals surface area contributed by atoms with Gasteiger partial charge in [0.25, 0.3) is 0 Å². The Kier molecular flexibility index (Phi) is 6.29. The molecule has 1 heterocycles. The number of anilines is 1. The van der Waals surface area contributed by atoms with Crippen molar-refractivity contribution in [1.29, 1.82) is 0 Å². The van der Waals surface area contributed by atoms with Crippen LogP contribution >= 0.6 is 27.7 Å². The predicted molar refractivity (Wildman–Crippen MR) is 93.7 cm³/mol. The summed E-state index contributed by atoms with van der Waals surface area (Å²) in [5, 5.41) is 2.81. The fraction of sp³-hybridized carbons (Fsp3) is 0.250. The Balaban J connectivity index is 1.81. The van der Waals surface area contributed by atoms with E-state index in [4.69, 9.17) is 4.42 Å². The third-order valence-corrected chi connectivity index (χ3v) is 4.46. The largest absolute Gasteiger partial charge is 0.465 e. The van der Waals surface area contributed by atoms with Crippen molar-refractivity contribution < 1.29 is 18.7 Å². The van der Waals surface area contributed by atoms with E-state index in [1.165, 1.54) is 18.9 Å². The molecule has 0 saturated heterocycles. The van der Waals surface area contributed by atoms with E-state index in [-0.39, 0.29) is 5.91 Å². The topological polar surface area (TPSA) is 68.5 Å². The first kappa shape index (κ1) is 17.6. The van der Waals surface area contributed by atoms with Crippen molar-refractivity contribution in [2.24, 2.45) is 0 Å². The number of rotatable bonds is 6. The smallest absolute Gasteiger partial charge is 0.341 e. The van der Waals surface area contributed by atoms with Crippen LogP contribution in [0, 0.1) is 6.92 Å². The maximum absolute atomic E-state index is 11.9. The molecule has 0 radical (unpaired) electrons. The van der Waals surface area contributed by atoms with Gasteiger partial charge < -0.3 is 14.5 Å². The van der Waals surface area contributed by atoms with Gasteiger partial charge in [-0.05, 0) is 37.3 Å². The Morgan fingerprint density at radius 3 is 2.65 bits per heavy atom. The second-order valence-electron chi connectivity index (χ2n) is 4.72. The molecule has 0 unspecified atom stereocenters. The van der Waals surface area contributed by atoms with Gasteiger partial charge >= 0.3 is 5.97 Å². The number of amides is 1. The molecule has 0 aliphatic heterocycles. The van der Waals surface area contributed by atoms with E-state index in [0.29, 0.717) is 28.6 Å². The molecule has 0 fully saturated rings. The standard InChI is InChI=1S/C16H16BrNO4S/c1-10-14(16(20)21-2)7-13(22-10)8-23-9-15(19)18-12-5-3-11(17)4-6-12/h3-7H,8-9H2,1-2H3,(H,18,19). The highest BCUT2D eigenvalue weighted by molar-refractivity contribution is 9.10. The molecule has 0 spiro atoms. The van der Waals surface area contributed by atoms with Crippen LogP contribution < -0.4 is 5.32 Å². The minimum Gasteiger partial charge on any atom is -0.465 e. The number of hydrogen-bond acceptors (Lipinski definition) is 5. The van der Waals surface area contributed by atoms with E-state index in [2.05, 4.69) is 26.0 Å². The lowest BCUT2D eigenvalue weighted by atomic mass is 10.2. The molecule has 122 valence electrons. The maximum Gasteiger partial charge on any atom is 0.341 e. The van der Waals surface area contributed by atoms with E-state index < -0.39 is 5.97 Å². The first-order chi connectivity index (χ1) is 11.0. The van der Waals surface area contributed by atoms with Gasteiger partial charge in [0.2, 0.25) is 5.91 Å². The highest BCUT2D eigenvalue weighted by Crippen LogP contribution is 2.20. The molecule has 2 rings (SSSR count). The SMILES string of the molecule is COC(=O)c1cc(CSCC(=O)Nc2ccc(Br)cc2)oc1C. The molecule has 5 nitrogen and oxygen atoms in total. The van der Waals surface area contributed by atoms with Crippen LogP contribution in [0.1, 0.15) is 21.9 Å². The van der Waals surface area contributed by atoms with Gasteiger partial charge in [-0.3, -0.25) is 4.79 Å². The van der Waals surface area contributed by atoms with Crippen molar-refractivity contribution in [2.45, 2.75) is 12.7 Å². The number of thioether (sulfide) groups is 1. The zero-order chi connectivity index (χ0) is 16.8. The van der Waals surface area contributed by atoms with Crippen molar-refractivity contribution in [3.8, 4) is 0 Å². The van der Waals surface area contributed by atoms with E-state index in [9.17, 15) is 9.59 Å². The number of esters is 1. The van der Waals surface area contributed by atoms with Crippen molar-refractivity contribution in [3.63, 3.8) is 0 Å². The van der Waals surface area contributed by atoms with Gasteiger partial charge in [-0.2, -0.15) is 0 Å². The van der Waals surface area contributed by atoms with Crippen LogP contribution in [0.2, 0.25) is 0 Å². The number of nitrogens with one attached hydrogen (secondary N) is 1. The zero-order valence-corrected chi connectivity index (χ0v) is 15.1. The number of carbonyl (C=O) groups is 2. The maximum atomic E-state index is 11.9. The number of carbonyl (C=O) groups excluding carboxylic acids is 2. The monoisotopic (exact) mass is 397 g/mol. The summed E-state index contributed by atoms with van der Waals surface area (Å²) in [6.45, 7) is 1.71. The second kappa shape index (κ2) is 8.21. The third-order valence-electron chi connectivity index (χ3n) is 2.98. The Hall–Kier alpha value is -1.73. The summed E-state index contributed by atoms with van der Waals surface area (Å²) in [6, 6.07) is 9.03. The number of benzene rings is 1. The number of methoxy groups -OCH3 is 1. The zero-order valence-electron chi connectivity index (χ0n) is 12.7. The summed E-state index contributed by atoms with van der Waals surface area (Å²) >= 11 is 4.75. The van der Waals surface area contributed by atoms with E-state index in [1.807, 2.05) is 24.3 Å². The molecule has 1 aromatic carbocycles. The molecule has 7 heteroatoms. The van der Waals surface area contributed by atoms with Crippen LogP contribution in [0.15, 0.2) is 39.2 Å². The predicted octanol–water partition coefficient (Wildman–Crippen LogP) is 4.01.